The summed E-state index contributed by atoms with van der Waals surface area (Å²) in [6.45, 7) is 13.6. The summed E-state index contributed by atoms with van der Waals surface area (Å²) in [7, 11) is 0. The molecule has 26 atom stereocenters. The quantitative estimate of drug-likeness (QED) is 0.0474. The van der Waals surface area contributed by atoms with Gasteiger partial charge in [-0.1, -0.05) is 54.0 Å². The van der Waals surface area contributed by atoms with Crippen molar-refractivity contribution in [2.24, 2.45) is 29.6 Å². The number of carboxylic acids is 1. The molecule has 3 fully saturated rings. The summed E-state index contributed by atoms with van der Waals surface area (Å²) >= 11 is 0. The van der Waals surface area contributed by atoms with E-state index in [-0.39, 0.29) is 83.5 Å². The molecule has 0 aromatic heterocycles. The minimum Gasteiger partial charge on any atom is -0.481 e. The molecule has 24 nitrogen and oxygen atoms in total. The van der Waals surface area contributed by atoms with Gasteiger partial charge in [0, 0.05) is 61.9 Å². The molecule has 81 heavy (non-hydrogen) atoms. The zero-order valence-electron chi connectivity index (χ0n) is 48.4. The van der Waals surface area contributed by atoms with Crippen LogP contribution in [-0.4, -0.2) is 218 Å². The highest BCUT2D eigenvalue weighted by atomic mass is 16.7. The van der Waals surface area contributed by atoms with Gasteiger partial charge in [-0.25, -0.2) is 4.79 Å². The van der Waals surface area contributed by atoms with Gasteiger partial charge < -0.3 is 99.5 Å². The predicted octanol–water partition coefficient (Wildman–Crippen LogP) is 1.18. The number of ether oxygens (including phenoxy) is 7. The normalized spacial score (nSPS) is 40.0. The van der Waals surface area contributed by atoms with Crippen LogP contribution in [0, 0.1) is 29.6 Å². The maximum absolute atomic E-state index is 13.6. The number of carboxylic acid groups (broad SMARTS) is 1. The molecule has 4 heterocycles. The van der Waals surface area contributed by atoms with Crippen molar-refractivity contribution in [3.63, 3.8) is 0 Å². The average molecular weight is 1170 g/mol. The van der Waals surface area contributed by atoms with Gasteiger partial charge >= 0.3 is 23.9 Å². The first kappa shape index (κ1) is 70.5. The van der Waals surface area contributed by atoms with Crippen molar-refractivity contribution in [2.45, 2.75) is 293 Å². The maximum Gasteiger partial charge on any atom is 0.330 e. The second-order valence-electron chi connectivity index (χ2n) is 23.9. The molecule has 0 amide bonds. The zero-order chi connectivity index (χ0) is 60.6. The number of epoxide rings is 1. The lowest BCUT2D eigenvalue weighted by Crippen LogP contribution is -2.59. The predicted molar refractivity (Wildman–Crippen MR) is 286 cm³/mol. The lowest BCUT2D eigenvalue weighted by Gasteiger charge is -2.45. The van der Waals surface area contributed by atoms with Gasteiger partial charge in [-0.15, -0.1) is 0 Å². The molecule has 13 N–H and O–H groups in total. The lowest BCUT2D eigenvalue weighted by atomic mass is 9.77. The number of unbranched alkanes of at least 4 members (excludes halogenated alkanes) is 1. The molecule has 470 valence electrons. The van der Waals surface area contributed by atoms with Gasteiger partial charge in [0.15, 0.2) is 12.1 Å². The van der Waals surface area contributed by atoms with E-state index in [0.717, 1.165) is 12.5 Å². The Hall–Kier alpha value is -3.02. The Morgan fingerprint density at radius 2 is 1.40 bits per heavy atom. The Kier molecular flexibility index (Phi) is 28.7. The first-order chi connectivity index (χ1) is 37.9. The Morgan fingerprint density at radius 3 is 2.06 bits per heavy atom. The fourth-order valence-electron chi connectivity index (χ4n) is 11.5. The molecule has 26 unspecified atom stereocenters. The number of hydrogen-bond donors (Lipinski definition) is 13. The van der Waals surface area contributed by atoms with E-state index in [0.29, 0.717) is 6.42 Å². The lowest BCUT2D eigenvalue weighted by molar-refractivity contribution is -0.333. The Morgan fingerprint density at radius 1 is 0.728 bits per heavy atom. The summed E-state index contributed by atoms with van der Waals surface area (Å²) in [6.07, 6.45) is -20.3. The van der Waals surface area contributed by atoms with Crippen LogP contribution < -0.4 is 0 Å². The van der Waals surface area contributed by atoms with E-state index in [1.54, 1.807) is 48.5 Å². The Labute approximate surface area is 475 Å². The molecule has 4 aliphatic rings. The summed E-state index contributed by atoms with van der Waals surface area (Å²) in [4.78, 5) is 50.0. The molecular formula is C57H98O24. The maximum atomic E-state index is 13.6. The van der Waals surface area contributed by atoms with E-state index < -0.39 is 194 Å². The molecule has 3 saturated heterocycles. The van der Waals surface area contributed by atoms with E-state index in [9.17, 15) is 85.6 Å². The second-order valence-corrected chi connectivity index (χ2v) is 23.9. The Balaban J connectivity index is 1.53. The smallest absolute Gasteiger partial charge is 0.330 e. The minimum atomic E-state index is -2.47. The highest BCUT2D eigenvalue weighted by Crippen LogP contribution is 2.41. The molecule has 4 rings (SSSR count). The number of aliphatic hydroxyl groups is 12. The molecule has 4 aliphatic heterocycles. The molecule has 2 bridgehead atoms. The van der Waals surface area contributed by atoms with Gasteiger partial charge in [-0.05, 0) is 84.0 Å². The van der Waals surface area contributed by atoms with Gasteiger partial charge in [0.25, 0.3) is 0 Å². The van der Waals surface area contributed by atoms with Gasteiger partial charge in [0.05, 0.1) is 79.4 Å². The third kappa shape index (κ3) is 22.1. The molecule has 0 aromatic carbocycles. The van der Waals surface area contributed by atoms with Crippen molar-refractivity contribution in [1.82, 2.24) is 0 Å². The van der Waals surface area contributed by atoms with Gasteiger partial charge in [-0.3, -0.25) is 14.4 Å². The monoisotopic (exact) mass is 1170 g/mol. The highest BCUT2D eigenvalue weighted by molar-refractivity contribution is 5.90. The SMILES string of the molecule is CCCCC(=O)OC1CC(OC(C)C(C)C(O)C(C)C(O)C(C)C2OC(=O)C=CCC(O)CC(O)CC(O)CCC(C)C(O)CC3(O)OC(CC(O)CC(OC(=O)CC(=O)O)CCCC(O)C4OC4C2C)CC(O)C3O)OC(C)C1O. The topological polar surface area (TPSA) is 399 Å². The first-order valence-corrected chi connectivity index (χ1v) is 29.3. The van der Waals surface area contributed by atoms with Crippen molar-refractivity contribution in [1.29, 1.82) is 0 Å². The van der Waals surface area contributed by atoms with Crippen molar-refractivity contribution in [3.05, 3.63) is 12.2 Å². The minimum absolute atomic E-state index is 0.0265. The number of carbonyl (C=O) groups excluding carboxylic acids is 3. The average Bonchev–Trinajstić information content (AvgIpc) is 4.22. The number of aliphatic carboxylic acids is 1. The number of fused-ring (bicyclic) bond motifs is 3. The molecule has 0 radical (unpaired) electrons. The summed E-state index contributed by atoms with van der Waals surface area (Å²) < 4.78 is 41.0. The molecule has 0 aromatic rings. The standard InChI is InChI=1S/C57H98O24/c1-9-10-16-46(67)78-44-25-49(76-34(8)52(44)72)75-33(7)29(3)50(70)30(4)51(71)31(5)53-32(6)54-55(80-54)41(62)15-12-14-39(77-48(69)26-45(65)66)22-38(61)23-40-24-42(63)56(73)57(74,81-40)27-43(64)28(2)18-19-36(59)21-37(60)20-35(58)13-11-17-47(68)79-53/h11,17,28-44,49-56,58-64,70-74H,9-10,12-16,18-27H2,1-8H3,(H,65,66). The summed E-state index contributed by atoms with van der Waals surface area (Å²) in [6, 6.07) is 0. The zero-order valence-corrected chi connectivity index (χ0v) is 48.4. The van der Waals surface area contributed by atoms with Gasteiger partial charge in [-0.2, -0.15) is 0 Å². The highest BCUT2D eigenvalue weighted by Gasteiger charge is 2.53. The van der Waals surface area contributed by atoms with Crippen molar-refractivity contribution >= 4 is 23.9 Å². The van der Waals surface area contributed by atoms with Crippen LogP contribution in [0.3, 0.4) is 0 Å². The van der Waals surface area contributed by atoms with Crippen LogP contribution in [0.4, 0.5) is 0 Å². The third-order valence-electron chi connectivity index (χ3n) is 16.9. The number of carbonyl (C=O) groups is 4. The van der Waals surface area contributed by atoms with Crippen LogP contribution >= 0.6 is 0 Å². The van der Waals surface area contributed by atoms with Crippen LogP contribution in [0.2, 0.25) is 0 Å². The number of esters is 3. The summed E-state index contributed by atoms with van der Waals surface area (Å²) in [5.74, 6) is -10.0. The fourth-order valence-corrected chi connectivity index (χ4v) is 11.5. The van der Waals surface area contributed by atoms with Crippen molar-refractivity contribution < 1.29 is 119 Å². The summed E-state index contributed by atoms with van der Waals surface area (Å²) in [5.41, 5.74) is 0. The molecular weight excluding hydrogens is 1070 g/mol. The molecule has 0 saturated carbocycles. The summed E-state index contributed by atoms with van der Waals surface area (Å²) in [5, 5.41) is 143. The van der Waals surface area contributed by atoms with Crippen LogP contribution in [0.1, 0.15) is 165 Å². The molecule has 0 spiro atoms. The van der Waals surface area contributed by atoms with Crippen LogP contribution in [0.5, 0.6) is 0 Å². The number of hydrogen-bond acceptors (Lipinski definition) is 23. The fraction of sp³-hybridized carbons (Fsp3) is 0.895. The van der Waals surface area contributed by atoms with Crippen LogP contribution in [0.25, 0.3) is 0 Å². The number of aliphatic hydroxyl groups excluding tert-OH is 11. The molecule has 0 aliphatic carbocycles. The van der Waals surface area contributed by atoms with Crippen LogP contribution in [0.15, 0.2) is 12.2 Å². The molecule has 24 heteroatoms. The van der Waals surface area contributed by atoms with E-state index in [1.165, 1.54) is 6.08 Å². The van der Waals surface area contributed by atoms with Gasteiger partial charge in [0.1, 0.15) is 43.0 Å². The van der Waals surface area contributed by atoms with E-state index in [2.05, 4.69) is 0 Å². The van der Waals surface area contributed by atoms with E-state index in [4.69, 9.17) is 33.2 Å². The largest absolute Gasteiger partial charge is 0.481 e. The van der Waals surface area contributed by atoms with Crippen molar-refractivity contribution in [3.8, 4) is 0 Å². The van der Waals surface area contributed by atoms with E-state index in [1.807, 2.05) is 6.92 Å². The number of cyclic esters (lactones) is 1. The van der Waals surface area contributed by atoms with Crippen molar-refractivity contribution in [2.75, 3.05) is 0 Å². The number of rotatable bonds is 15. The second kappa shape index (κ2) is 33.0. The first-order valence-electron chi connectivity index (χ1n) is 29.3. The van der Waals surface area contributed by atoms with E-state index >= 15 is 0 Å². The van der Waals surface area contributed by atoms with Crippen LogP contribution in [-0.2, 0) is 52.3 Å². The Bertz CT molecular complexity index is 1940. The van der Waals surface area contributed by atoms with Gasteiger partial charge in [0.2, 0.25) is 0 Å². The third-order valence-corrected chi connectivity index (χ3v) is 16.9.